The number of anilines is 1. The van der Waals surface area contributed by atoms with E-state index < -0.39 is 0 Å². The molecule has 0 aliphatic carbocycles. The fourth-order valence-electron chi connectivity index (χ4n) is 1.98. The van der Waals surface area contributed by atoms with Crippen molar-refractivity contribution in [2.24, 2.45) is 0 Å². The first kappa shape index (κ1) is 15.5. The molecule has 0 radical (unpaired) electrons. The van der Waals surface area contributed by atoms with E-state index in [0.717, 1.165) is 19.4 Å². The summed E-state index contributed by atoms with van der Waals surface area (Å²) in [6.07, 6.45) is 2.45. The van der Waals surface area contributed by atoms with Crippen LogP contribution < -0.4 is 4.90 Å². The monoisotopic (exact) mass is 263 g/mol. The van der Waals surface area contributed by atoms with Gasteiger partial charge in [0.1, 0.15) is 0 Å². The molecule has 3 nitrogen and oxygen atoms in total. The molecule has 0 fully saturated rings. The summed E-state index contributed by atoms with van der Waals surface area (Å²) in [5.41, 5.74) is 2.58. The van der Waals surface area contributed by atoms with Crippen molar-refractivity contribution in [2.75, 3.05) is 25.6 Å². The molecule has 1 rings (SSSR count). The second kappa shape index (κ2) is 7.82. The molecule has 19 heavy (non-hydrogen) atoms. The topological polar surface area (TPSA) is 29.5 Å². The Morgan fingerprint density at radius 3 is 2.47 bits per heavy atom. The van der Waals surface area contributed by atoms with Gasteiger partial charge in [0.2, 0.25) is 0 Å². The van der Waals surface area contributed by atoms with Crippen LogP contribution in [-0.4, -0.2) is 26.7 Å². The minimum atomic E-state index is -0.138. The van der Waals surface area contributed by atoms with Gasteiger partial charge in [-0.1, -0.05) is 26.0 Å². The number of esters is 1. The molecule has 0 aromatic heterocycles. The van der Waals surface area contributed by atoms with Gasteiger partial charge in [-0.3, -0.25) is 4.79 Å². The molecule has 0 heterocycles. The number of rotatable bonds is 7. The number of hydrogen-bond donors (Lipinski definition) is 0. The van der Waals surface area contributed by atoms with Gasteiger partial charge >= 0.3 is 5.97 Å². The van der Waals surface area contributed by atoms with Crippen molar-refractivity contribution < 1.29 is 9.53 Å². The molecule has 1 aromatic carbocycles. The quantitative estimate of drug-likeness (QED) is 0.704. The van der Waals surface area contributed by atoms with Crippen LogP contribution in [0.25, 0.3) is 0 Å². The van der Waals surface area contributed by atoms with Gasteiger partial charge in [-0.2, -0.15) is 0 Å². The zero-order valence-electron chi connectivity index (χ0n) is 12.5. The Morgan fingerprint density at radius 2 is 1.95 bits per heavy atom. The van der Waals surface area contributed by atoms with Crippen molar-refractivity contribution >= 4 is 11.7 Å². The summed E-state index contributed by atoms with van der Waals surface area (Å²) in [6.45, 7) is 5.31. The molecule has 0 bridgehead atoms. The maximum absolute atomic E-state index is 11.0. The van der Waals surface area contributed by atoms with Gasteiger partial charge in [-0.05, 0) is 36.5 Å². The summed E-state index contributed by atoms with van der Waals surface area (Å²) < 4.78 is 4.63. The first-order valence-electron chi connectivity index (χ1n) is 6.96. The Bertz CT molecular complexity index is 386. The fourth-order valence-corrected chi connectivity index (χ4v) is 1.98. The second-order valence-corrected chi connectivity index (χ2v) is 5.00. The lowest BCUT2D eigenvalue weighted by atomic mass is 9.98. The van der Waals surface area contributed by atoms with Crippen molar-refractivity contribution in [3.8, 4) is 0 Å². The Labute approximate surface area is 116 Å². The molecule has 0 spiro atoms. The number of methoxy groups -OCH3 is 1. The lowest BCUT2D eigenvalue weighted by Crippen LogP contribution is -2.19. The summed E-state index contributed by atoms with van der Waals surface area (Å²) in [5, 5.41) is 0. The highest BCUT2D eigenvalue weighted by atomic mass is 16.5. The second-order valence-electron chi connectivity index (χ2n) is 5.00. The van der Waals surface area contributed by atoms with Gasteiger partial charge in [-0.25, -0.2) is 0 Å². The van der Waals surface area contributed by atoms with Gasteiger partial charge in [0.15, 0.2) is 0 Å². The fraction of sp³-hybridized carbons (Fsp3) is 0.562. The molecule has 0 saturated carbocycles. The number of benzene rings is 1. The zero-order valence-corrected chi connectivity index (χ0v) is 12.5. The van der Waals surface area contributed by atoms with E-state index >= 15 is 0 Å². The zero-order chi connectivity index (χ0) is 14.3. The molecule has 0 aliphatic rings. The Morgan fingerprint density at radius 1 is 1.32 bits per heavy atom. The lowest BCUT2D eigenvalue weighted by Gasteiger charge is -2.20. The normalized spacial score (nSPS) is 12.0. The molecule has 0 saturated heterocycles. The van der Waals surface area contributed by atoms with Crippen LogP contribution in [0.5, 0.6) is 0 Å². The average molecular weight is 263 g/mol. The summed E-state index contributed by atoms with van der Waals surface area (Å²) in [7, 11) is 3.48. The van der Waals surface area contributed by atoms with Crippen LogP contribution in [0.2, 0.25) is 0 Å². The standard InChI is InChI=1S/C16H25NO2/c1-5-13(2)14-8-10-15(11-9-14)17(3)12-6-7-16(18)19-4/h8-11,13H,5-7,12H2,1-4H3. The van der Waals surface area contributed by atoms with Gasteiger partial charge < -0.3 is 9.64 Å². The lowest BCUT2D eigenvalue weighted by molar-refractivity contribution is -0.140. The van der Waals surface area contributed by atoms with E-state index in [1.807, 2.05) is 0 Å². The maximum atomic E-state index is 11.0. The number of ether oxygens (including phenoxy) is 1. The third-order valence-corrected chi connectivity index (χ3v) is 3.62. The van der Waals surface area contributed by atoms with Crippen LogP contribution in [0.1, 0.15) is 44.6 Å². The minimum Gasteiger partial charge on any atom is -0.469 e. The van der Waals surface area contributed by atoms with Crippen LogP contribution in [0, 0.1) is 0 Å². The minimum absolute atomic E-state index is 0.138. The highest BCUT2D eigenvalue weighted by Crippen LogP contribution is 2.22. The van der Waals surface area contributed by atoms with Crippen molar-refractivity contribution in [2.45, 2.75) is 39.0 Å². The summed E-state index contributed by atoms with van der Waals surface area (Å²) in [5.74, 6) is 0.471. The summed E-state index contributed by atoms with van der Waals surface area (Å²) in [4.78, 5) is 13.2. The molecule has 106 valence electrons. The van der Waals surface area contributed by atoms with E-state index in [-0.39, 0.29) is 5.97 Å². The maximum Gasteiger partial charge on any atom is 0.305 e. The molecular formula is C16H25NO2. The highest BCUT2D eigenvalue weighted by molar-refractivity contribution is 5.69. The molecule has 0 amide bonds. The smallest absolute Gasteiger partial charge is 0.305 e. The molecule has 1 atom stereocenters. The van der Waals surface area contributed by atoms with Crippen molar-refractivity contribution in [1.82, 2.24) is 0 Å². The number of carbonyl (C=O) groups is 1. The number of carbonyl (C=O) groups excluding carboxylic acids is 1. The summed E-state index contributed by atoms with van der Waals surface area (Å²) >= 11 is 0. The van der Waals surface area contributed by atoms with Gasteiger partial charge in [0.05, 0.1) is 7.11 Å². The Kier molecular flexibility index (Phi) is 6.40. The van der Waals surface area contributed by atoms with E-state index in [4.69, 9.17) is 0 Å². The highest BCUT2D eigenvalue weighted by Gasteiger charge is 2.06. The third-order valence-electron chi connectivity index (χ3n) is 3.62. The molecule has 1 aromatic rings. The van der Waals surface area contributed by atoms with Gasteiger partial charge in [0.25, 0.3) is 0 Å². The van der Waals surface area contributed by atoms with E-state index in [2.05, 4.69) is 54.8 Å². The van der Waals surface area contributed by atoms with Crippen LogP contribution in [-0.2, 0) is 9.53 Å². The number of hydrogen-bond acceptors (Lipinski definition) is 3. The van der Waals surface area contributed by atoms with Crippen LogP contribution in [0.3, 0.4) is 0 Å². The van der Waals surface area contributed by atoms with Crippen molar-refractivity contribution in [1.29, 1.82) is 0 Å². The molecule has 0 N–H and O–H groups in total. The van der Waals surface area contributed by atoms with Crippen LogP contribution in [0.15, 0.2) is 24.3 Å². The molecular weight excluding hydrogens is 238 g/mol. The first-order chi connectivity index (χ1) is 9.08. The average Bonchev–Trinajstić information content (AvgIpc) is 2.46. The van der Waals surface area contributed by atoms with Gasteiger partial charge in [0, 0.05) is 25.7 Å². The first-order valence-corrected chi connectivity index (χ1v) is 6.96. The van der Waals surface area contributed by atoms with Crippen LogP contribution >= 0.6 is 0 Å². The SMILES string of the molecule is CCC(C)c1ccc(N(C)CCCC(=O)OC)cc1. The van der Waals surface area contributed by atoms with E-state index in [9.17, 15) is 4.79 Å². The Hall–Kier alpha value is -1.51. The van der Waals surface area contributed by atoms with E-state index in [1.165, 1.54) is 18.4 Å². The largest absolute Gasteiger partial charge is 0.469 e. The molecule has 3 heteroatoms. The molecule has 1 unspecified atom stereocenters. The van der Waals surface area contributed by atoms with Crippen molar-refractivity contribution in [3.63, 3.8) is 0 Å². The van der Waals surface area contributed by atoms with Gasteiger partial charge in [-0.15, -0.1) is 0 Å². The Balaban J connectivity index is 2.48. The predicted octanol–water partition coefficient (Wildman–Crippen LogP) is 3.59. The number of nitrogens with zero attached hydrogens (tertiary/aromatic N) is 1. The predicted molar refractivity (Wildman–Crippen MR) is 79.7 cm³/mol. The van der Waals surface area contributed by atoms with Crippen molar-refractivity contribution in [3.05, 3.63) is 29.8 Å². The van der Waals surface area contributed by atoms with E-state index in [1.54, 1.807) is 0 Å². The third kappa shape index (κ3) is 4.93. The van der Waals surface area contributed by atoms with E-state index in [0.29, 0.717) is 12.3 Å². The summed E-state index contributed by atoms with van der Waals surface area (Å²) in [6, 6.07) is 8.69. The van der Waals surface area contributed by atoms with Crippen LogP contribution in [0.4, 0.5) is 5.69 Å². The molecule has 0 aliphatic heterocycles.